The van der Waals surface area contributed by atoms with Crippen LogP contribution in [0.3, 0.4) is 0 Å². The summed E-state index contributed by atoms with van der Waals surface area (Å²) in [6, 6.07) is 3.14. The predicted molar refractivity (Wildman–Crippen MR) is 131 cm³/mol. The molecule has 2 aliphatic heterocycles. The number of hydrogen-bond acceptors (Lipinski definition) is 11. The van der Waals surface area contributed by atoms with Crippen molar-refractivity contribution in [3.05, 3.63) is 41.1 Å². The first-order valence-corrected chi connectivity index (χ1v) is 12.9. The molecule has 0 aliphatic carbocycles. The fourth-order valence-corrected chi connectivity index (χ4v) is 6.14. The largest absolute Gasteiger partial charge is 0.508 e. The second kappa shape index (κ2) is 11.1. The van der Waals surface area contributed by atoms with E-state index in [2.05, 4.69) is 26.2 Å². The van der Waals surface area contributed by atoms with Crippen LogP contribution in [0.5, 0.6) is 5.75 Å². The first-order valence-electron chi connectivity index (χ1n) is 10.8. The molecule has 15 nitrogen and oxygen atoms in total. The van der Waals surface area contributed by atoms with Gasteiger partial charge in [0.25, 0.3) is 5.91 Å². The van der Waals surface area contributed by atoms with Crippen LogP contribution in [-0.2, 0) is 20.9 Å². The van der Waals surface area contributed by atoms with E-state index in [0.29, 0.717) is 22.0 Å². The standard InChI is InChI=1S/C20H23N9O6S2/c21-12(9-1-3-11(30)4-2-9)15(31)24-13-16(32)29-14(18(33)34)10(7-36-17(13)29)8-37-20-25-26-27-28(20)6-5-23-19(22)35/h1-4,12-13,17,30H,5-8,21H2,(H,24,31)(H,33,34)(H3,22,23,35)/t12?,13?,17-/m1/s1. The van der Waals surface area contributed by atoms with Gasteiger partial charge in [-0.05, 0) is 33.7 Å². The van der Waals surface area contributed by atoms with Crippen LogP contribution in [0, 0.1) is 0 Å². The van der Waals surface area contributed by atoms with Crippen molar-refractivity contribution in [2.24, 2.45) is 11.5 Å². The summed E-state index contributed by atoms with van der Waals surface area (Å²) in [7, 11) is 0. The molecule has 2 unspecified atom stereocenters. The topological polar surface area (TPSA) is 232 Å². The van der Waals surface area contributed by atoms with Crippen LogP contribution < -0.4 is 22.1 Å². The molecule has 0 bridgehead atoms. The van der Waals surface area contributed by atoms with Crippen LogP contribution >= 0.6 is 23.5 Å². The number of amides is 4. The Hall–Kier alpha value is -3.83. The van der Waals surface area contributed by atoms with E-state index in [0.717, 1.165) is 0 Å². The number of carbonyl (C=O) groups excluding carboxylic acids is 3. The normalized spacial score (nSPS) is 19.6. The molecule has 1 saturated heterocycles. The van der Waals surface area contributed by atoms with Gasteiger partial charge >= 0.3 is 12.0 Å². The third kappa shape index (κ3) is 5.62. The Bertz CT molecular complexity index is 1250. The van der Waals surface area contributed by atoms with E-state index in [9.17, 15) is 29.4 Å². The molecule has 2 aliphatic rings. The Morgan fingerprint density at radius 1 is 1.27 bits per heavy atom. The third-order valence-electron chi connectivity index (χ3n) is 5.58. The number of urea groups is 1. The second-order valence-electron chi connectivity index (χ2n) is 7.99. The third-order valence-corrected chi connectivity index (χ3v) is 7.96. The highest BCUT2D eigenvalue weighted by atomic mass is 32.2. The Balaban J connectivity index is 1.41. The molecule has 0 spiro atoms. The zero-order valence-corrected chi connectivity index (χ0v) is 20.7. The van der Waals surface area contributed by atoms with Crippen molar-refractivity contribution in [2.75, 3.05) is 18.1 Å². The molecule has 4 amide bonds. The highest BCUT2D eigenvalue weighted by Crippen LogP contribution is 2.41. The number of rotatable bonds is 10. The van der Waals surface area contributed by atoms with Gasteiger partial charge in [0.2, 0.25) is 11.1 Å². The van der Waals surface area contributed by atoms with Crippen LogP contribution in [0.1, 0.15) is 11.6 Å². The van der Waals surface area contributed by atoms with Gasteiger partial charge in [-0.1, -0.05) is 23.9 Å². The molecule has 1 fully saturated rings. The number of nitrogens with one attached hydrogen (secondary N) is 2. The van der Waals surface area contributed by atoms with Gasteiger partial charge in [0.1, 0.15) is 28.9 Å². The van der Waals surface area contributed by atoms with Gasteiger partial charge in [0, 0.05) is 18.1 Å². The number of tetrazole rings is 1. The maximum Gasteiger partial charge on any atom is 0.352 e. The number of carbonyl (C=O) groups is 4. The van der Waals surface area contributed by atoms with Crippen molar-refractivity contribution >= 4 is 47.3 Å². The minimum Gasteiger partial charge on any atom is -0.508 e. The second-order valence-corrected chi connectivity index (χ2v) is 10.0. The molecule has 0 saturated carbocycles. The summed E-state index contributed by atoms with van der Waals surface area (Å²) in [6.07, 6.45) is 0. The van der Waals surface area contributed by atoms with E-state index in [1.54, 1.807) is 0 Å². The zero-order chi connectivity index (χ0) is 26.7. The van der Waals surface area contributed by atoms with Crippen molar-refractivity contribution < 1.29 is 29.4 Å². The monoisotopic (exact) mass is 549 g/mol. The fourth-order valence-electron chi connectivity index (χ4n) is 3.75. The molecule has 37 heavy (non-hydrogen) atoms. The minimum absolute atomic E-state index is 0.0262. The summed E-state index contributed by atoms with van der Waals surface area (Å²) in [6.45, 7) is 0.471. The molecule has 2 aromatic rings. The van der Waals surface area contributed by atoms with Gasteiger partial charge in [-0.3, -0.25) is 14.5 Å². The molecule has 196 valence electrons. The Morgan fingerprint density at radius 2 is 2.00 bits per heavy atom. The summed E-state index contributed by atoms with van der Waals surface area (Å²) >= 11 is 2.52. The van der Waals surface area contributed by atoms with Gasteiger partial charge in [-0.15, -0.1) is 16.9 Å². The van der Waals surface area contributed by atoms with E-state index < -0.39 is 41.3 Å². The molecular weight excluding hydrogens is 526 g/mol. The first kappa shape index (κ1) is 26.2. The van der Waals surface area contributed by atoms with Crippen molar-refractivity contribution in [2.45, 2.75) is 29.2 Å². The minimum atomic E-state index is -1.26. The highest BCUT2D eigenvalue weighted by molar-refractivity contribution is 8.01. The lowest BCUT2D eigenvalue weighted by atomic mass is 10.0. The number of aliphatic carboxylic acids is 1. The number of fused-ring (bicyclic) bond motifs is 1. The lowest BCUT2D eigenvalue weighted by Gasteiger charge is -2.49. The summed E-state index contributed by atoms with van der Waals surface area (Å²) in [5.74, 6) is -1.86. The number of carboxylic acids is 1. The van der Waals surface area contributed by atoms with Crippen LogP contribution in [0.2, 0.25) is 0 Å². The average Bonchev–Trinajstić information content (AvgIpc) is 3.32. The molecule has 17 heteroatoms. The molecular formula is C20H23N9O6S2. The summed E-state index contributed by atoms with van der Waals surface area (Å²) < 4.78 is 1.44. The molecule has 3 heterocycles. The molecule has 4 rings (SSSR count). The molecule has 1 aromatic heterocycles. The van der Waals surface area contributed by atoms with Gasteiger partial charge in [0.15, 0.2) is 0 Å². The maximum atomic E-state index is 12.9. The van der Waals surface area contributed by atoms with Crippen LogP contribution in [0.25, 0.3) is 0 Å². The number of phenols is 1. The number of hydrogen-bond donors (Lipinski definition) is 6. The van der Waals surface area contributed by atoms with Gasteiger partial charge in [-0.25, -0.2) is 14.3 Å². The molecule has 8 N–H and O–H groups in total. The van der Waals surface area contributed by atoms with E-state index in [-0.39, 0.29) is 30.3 Å². The van der Waals surface area contributed by atoms with Gasteiger partial charge in [0.05, 0.1) is 6.54 Å². The van der Waals surface area contributed by atoms with Crippen molar-refractivity contribution in [1.29, 1.82) is 0 Å². The number of nitrogens with zero attached hydrogens (tertiary/aromatic N) is 5. The number of aromatic hydroxyl groups is 1. The van der Waals surface area contributed by atoms with Crippen LogP contribution in [-0.4, -0.2) is 88.6 Å². The number of β-lactam (4-membered cyclic amide) rings is 1. The quantitative estimate of drug-likeness (QED) is 0.148. The van der Waals surface area contributed by atoms with Gasteiger partial charge in [-0.2, -0.15) is 0 Å². The maximum absolute atomic E-state index is 12.9. The Kier molecular flexibility index (Phi) is 7.84. The van der Waals surface area contributed by atoms with E-state index >= 15 is 0 Å². The van der Waals surface area contributed by atoms with Crippen LogP contribution in [0.4, 0.5) is 4.79 Å². The van der Waals surface area contributed by atoms with Crippen molar-refractivity contribution in [3.63, 3.8) is 0 Å². The molecule has 3 atom stereocenters. The molecule has 0 radical (unpaired) electrons. The molecule has 1 aromatic carbocycles. The SMILES string of the molecule is NC(=O)NCCn1nnnc1SCC1=C(C(=O)O)N2C(=O)C(NC(=O)C(N)c3ccc(O)cc3)[C@H]2SC1. The lowest BCUT2D eigenvalue weighted by Crippen LogP contribution is -2.71. The van der Waals surface area contributed by atoms with E-state index in [4.69, 9.17) is 11.5 Å². The number of primary amides is 1. The van der Waals surface area contributed by atoms with E-state index in [1.807, 2.05) is 0 Å². The van der Waals surface area contributed by atoms with Crippen LogP contribution in [0.15, 0.2) is 40.7 Å². The number of thioether (sulfide) groups is 2. The Labute approximate surface area is 218 Å². The number of phenolic OH excluding ortho intramolecular Hbond substituents is 1. The smallest absolute Gasteiger partial charge is 0.352 e. The number of aromatic nitrogens is 4. The van der Waals surface area contributed by atoms with Crippen molar-refractivity contribution in [3.8, 4) is 5.75 Å². The van der Waals surface area contributed by atoms with E-state index in [1.165, 1.54) is 57.4 Å². The fraction of sp³-hybridized carbons (Fsp3) is 0.350. The average molecular weight is 550 g/mol. The first-order chi connectivity index (χ1) is 17.7. The summed E-state index contributed by atoms with van der Waals surface area (Å²) in [5.41, 5.74) is 11.9. The number of carboxylic acid groups (broad SMARTS) is 1. The number of benzene rings is 1. The van der Waals surface area contributed by atoms with Crippen molar-refractivity contribution in [1.82, 2.24) is 35.7 Å². The lowest BCUT2D eigenvalue weighted by molar-refractivity contribution is -0.150. The summed E-state index contributed by atoms with van der Waals surface area (Å²) in [4.78, 5) is 49.6. The Morgan fingerprint density at radius 3 is 2.68 bits per heavy atom. The number of nitrogens with two attached hydrogens (primary N) is 2. The zero-order valence-electron chi connectivity index (χ0n) is 19.1. The highest BCUT2D eigenvalue weighted by Gasteiger charge is 2.54. The summed E-state index contributed by atoms with van der Waals surface area (Å²) in [5, 5.41) is 35.5. The predicted octanol–water partition coefficient (Wildman–Crippen LogP) is -1.42. The van der Waals surface area contributed by atoms with Gasteiger partial charge < -0.3 is 32.3 Å².